The zero-order chi connectivity index (χ0) is 13.2. The first kappa shape index (κ1) is 13.0. The van der Waals surface area contributed by atoms with Gasteiger partial charge in [0.1, 0.15) is 5.82 Å². The lowest BCUT2D eigenvalue weighted by atomic mass is 9.94. The quantitative estimate of drug-likeness (QED) is 0.816. The second-order valence-corrected chi connectivity index (χ2v) is 4.76. The van der Waals surface area contributed by atoms with Gasteiger partial charge in [-0.05, 0) is 24.1 Å². The van der Waals surface area contributed by atoms with Crippen LogP contribution < -0.4 is 0 Å². The van der Waals surface area contributed by atoms with Crippen molar-refractivity contribution in [2.75, 3.05) is 13.2 Å². The van der Waals surface area contributed by atoms with E-state index in [0.717, 1.165) is 12.0 Å². The van der Waals surface area contributed by atoms with Crippen molar-refractivity contribution in [3.05, 3.63) is 35.6 Å². The monoisotopic (exact) mass is 252 g/mol. The summed E-state index contributed by atoms with van der Waals surface area (Å²) in [6, 6.07) is 6.26. The summed E-state index contributed by atoms with van der Waals surface area (Å²) in [6.07, 6.45) is 1.07. The highest BCUT2D eigenvalue weighted by Crippen LogP contribution is 2.54. The van der Waals surface area contributed by atoms with E-state index in [1.807, 2.05) is 0 Å². The second-order valence-electron chi connectivity index (χ2n) is 4.76. The number of esters is 1. The molecule has 4 heteroatoms. The van der Waals surface area contributed by atoms with Gasteiger partial charge in [-0.3, -0.25) is 4.79 Å². The van der Waals surface area contributed by atoms with Crippen LogP contribution in [0.5, 0.6) is 0 Å². The van der Waals surface area contributed by atoms with Crippen molar-refractivity contribution in [3.63, 3.8) is 0 Å². The molecule has 1 N–H and O–H groups in total. The molecule has 0 unspecified atom stereocenters. The molecule has 0 spiro atoms. The number of benzene rings is 1. The van der Waals surface area contributed by atoms with E-state index in [0.29, 0.717) is 13.0 Å². The Morgan fingerprint density at radius 2 is 2.39 bits per heavy atom. The van der Waals surface area contributed by atoms with Crippen LogP contribution in [0.15, 0.2) is 24.3 Å². The summed E-state index contributed by atoms with van der Waals surface area (Å²) in [7, 11) is 0. The molecule has 0 amide bonds. The summed E-state index contributed by atoms with van der Waals surface area (Å²) in [5, 5.41) is 9.53. The van der Waals surface area contributed by atoms with Crippen molar-refractivity contribution < 1.29 is 19.0 Å². The number of rotatable bonds is 5. The molecule has 0 radical (unpaired) electrons. The van der Waals surface area contributed by atoms with Gasteiger partial charge < -0.3 is 9.84 Å². The lowest BCUT2D eigenvalue weighted by Crippen LogP contribution is -2.19. The van der Waals surface area contributed by atoms with Gasteiger partial charge in [0.15, 0.2) is 0 Å². The van der Waals surface area contributed by atoms with Crippen LogP contribution in [-0.2, 0) is 14.9 Å². The molecule has 2 rings (SSSR count). The Labute approximate surface area is 106 Å². The largest absolute Gasteiger partial charge is 0.465 e. The van der Waals surface area contributed by atoms with Crippen molar-refractivity contribution >= 4 is 5.97 Å². The van der Waals surface area contributed by atoms with E-state index >= 15 is 0 Å². The van der Waals surface area contributed by atoms with Gasteiger partial charge in [-0.15, -0.1) is 0 Å². The molecule has 1 aromatic carbocycles. The molecule has 1 aromatic rings. The molecular weight excluding hydrogens is 235 g/mol. The number of ether oxygens (including phenoxy) is 1. The molecule has 3 nitrogen and oxygen atoms in total. The summed E-state index contributed by atoms with van der Waals surface area (Å²) in [5.74, 6) is -0.468. The van der Waals surface area contributed by atoms with Crippen LogP contribution in [0.25, 0.3) is 0 Å². The molecule has 1 aliphatic carbocycles. The Kier molecular flexibility index (Phi) is 3.66. The van der Waals surface area contributed by atoms with Crippen molar-refractivity contribution in [1.29, 1.82) is 0 Å². The van der Waals surface area contributed by atoms with Gasteiger partial charge in [-0.2, -0.15) is 0 Å². The van der Waals surface area contributed by atoms with Gasteiger partial charge in [0.05, 0.1) is 13.2 Å². The Hall–Kier alpha value is -1.42. The predicted molar refractivity (Wildman–Crippen MR) is 64.5 cm³/mol. The number of hydrogen-bond donors (Lipinski definition) is 1. The lowest BCUT2D eigenvalue weighted by molar-refractivity contribution is -0.143. The van der Waals surface area contributed by atoms with E-state index < -0.39 is 5.41 Å². The van der Waals surface area contributed by atoms with E-state index in [1.54, 1.807) is 19.1 Å². The predicted octanol–water partition coefficient (Wildman–Crippen LogP) is 2.03. The SMILES string of the molecule is CCC(=O)OC[C@@H]1C[C@@]1(CO)c1cccc(F)c1. The third kappa shape index (κ3) is 2.38. The molecule has 0 saturated heterocycles. The highest BCUT2D eigenvalue weighted by Gasteiger charge is 2.55. The van der Waals surface area contributed by atoms with E-state index in [-0.39, 0.29) is 24.3 Å². The fourth-order valence-corrected chi connectivity index (χ4v) is 2.33. The Balaban J connectivity index is 2.04. The van der Waals surface area contributed by atoms with E-state index in [4.69, 9.17) is 4.74 Å². The van der Waals surface area contributed by atoms with Crippen molar-refractivity contribution in [3.8, 4) is 0 Å². The maximum Gasteiger partial charge on any atom is 0.305 e. The summed E-state index contributed by atoms with van der Waals surface area (Å²) >= 11 is 0. The van der Waals surface area contributed by atoms with Crippen molar-refractivity contribution in [1.82, 2.24) is 0 Å². The van der Waals surface area contributed by atoms with Crippen molar-refractivity contribution in [2.24, 2.45) is 5.92 Å². The lowest BCUT2D eigenvalue weighted by Gasteiger charge is -2.15. The number of halogens is 1. The van der Waals surface area contributed by atoms with E-state index in [1.165, 1.54) is 12.1 Å². The van der Waals surface area contributed by atoms with Gasteiger partial charge in [0, 0.05) is 17.8 Å². The molecule has 1 fully saturated rings. The number of aliphatic hydroxyl groups is 1. The minimum atomic E-state index is -0.434. The molecule has 1 saturated carbocycles. The summed E-state index contributed by atoms with van der Waals surface area (Å²) in [4.78, 5) is 11.1. The molecule has 18 heavy (non-hydrogen) atoms. The van der Waals surface area contributed by atoms with Crippen molar-refractivity contribution in [2.45, 2.75) is 25.2 Å². The normalized spacial score (nSPS) is 25.8. The molecular formula is C14H17FO3. The standard InChI is InChI=1S/C14H17FO3/c1-2-13(17)18-8-11-7-14(11,9-16)10-4-3-5-12(15)6-10/h3-6,11,16H,2,7-9H2,1H3/t11-,14+/m0/s1. The molecule has 0 aliphatic heterocycles. The summed E-state index contributed by atoms with van der Waals surface area (Å²) in [6.45, 7) is 1.98. The first-order valence-corrected chi connectivity index (χ1v) is 6.15. The molecule has 2 atom stereocenters. The highest BCUT2D eigenvalue weighted by atomic mass is 19.1. The number of aliphatic hydroxyl groups excluding tert-OH is 1. The molecule has 98 valence electrons. The maximum atomic E-state index is 13.2. The first-order chi connectivity index (χ1) is 8.62. The van der Waals surface area contributed by atoms with E-state index in [2.05, 4.69) is 0 Å². The number of carbonyl (C=O) groups is 1. The van der Waals surface area contributed by atoms with Gasteiger partial charge in [0.25, 0.3) is 0 Å². The van der Waals surface area contributed by atoms with E-state index in [9.17, 15) is 14.3 Å². The van der Waals surface area contributed by atoms with Gasteiger partial charge >= 0.3 is 5.97 Å². The zero-order valence-corrected chi connectivity index (χ0v) is 10.4. The van der Waals surface area contributed by atoms with Crippen LogP contribution >= 0.6 is 0 Å². The Bertz CT molecular complexity index is 446. The minimum absolute atomic E-state index is 0.0508. The highest BCUT2D eigenvalue weighted by molar-refractivity contribution is 5.68. The van der Waals surface area contributed by atoms with Gasteiger partial charge in [0.2, 0.25) is 0 Å². The third-order valence-electron chi connectivity index (χ3n) is 3.65. The number of carbonyl (C=O) groups excluding carboxylic acids is 1. The van der Waals surface area contributed by atoms with Crippen LogP contribution in [0.2, 0.25) is 0 Å². The van der Waals surface area contributed by atoms with Crippen LogP contribution in [-0.4, -0.2) is 24.3 Å². The summed E-state index contributed by atoms with van der Waals surface area (Å²) in [5.41, 5.74) is 0.346. The Morgan fingerprint density at radius 1 is 1.61 bits per heavy atom. The molecule has 0 aromatic heterocycles. The Morgan fingerprint density at radius 3 is 3.00 bits per heavy atom. The van der Waals surface area contributed by atoms with Gasteiger partial charge in [-0.1, -0.05) is 19.1 Å². The number of hydrogen-bond acceptors (Lipinski definition) is 3. The molecule has 0 heterocycles. The molecule has 1 aliphatic rings. The third-order valence-corrected chi connectivity index (χ3v) is 3.65. The smallest absolute Gasteiger partial charge is 0.305 e. The molecule has 0 bridgehead atoms. The van der Waals surface area contributed by atoms with Crippen LogP contribution in [0.1, 0.15) is 25.3 Å². The average Bonchev–Trinajstić information content (AvgIpc) is 3.11. The van der Waals surface area contributed by atoms with Crippen LogP contribution in [0.4, 0.5) is 4.39 Å². The first-order valence-electron chi connectivity index (χ1n) is 6.15. The summed E-state index contributed by atoms with van der Waals surface area (Å²) < 4.78 is 18.3. The second kappa shape index (κ2) is 5.06. The fraction of sp³-hybridized carbons (Fsp3) is 0.500. The minimum Gasteiger partial charge on any atom is -0.465 e. The van der Waals surface area contributed by atoms with Crippen LogP contribution in [0, 0.1) is 11.7 Å². The average molecular weight is 252 g/mol. The topological polar surface area (TPSA) is 46.5 Å². The maximum absolute atomic E-state index is 13.2. The zero-order valence-electron chi connectivity index (χ0n) is 10.4. The fourth-order valence-electron chi connectivity index (χ4n) is 2.33. The van der Waals surface area contributed by atoms with Crippen LogP contribution in [0.3, 0.4) is 0 Å². The van der Waals surface area contributed by atoms with Gasteiger partial charge in [-0.25, -0.2) is 4.39 Å².